The lowest BCUT2D eigenvalue weighted by Crippen LogP contribution is -2.63. The first-order chi connectivity index (χ1) is 14.8. The zero-order valence-corrected chi connectivity index (χ0v) is 19.3. The Morgan fingerprint density at radius 3 is 2.55 bits per heavy atom. The van der Waals surface area contributed by atoms with Crippen molar-refractivity contribution in [3.8, 4) is 0 Å². The van der Waals surface area contributed by atoms with Crippen LogP contribution in [0.2, 0.25) is 0 Å². The van der Waals surface area contributed by atoms with Crippen molar-refractivity contribution in [2.24, 2.45) is 11.8 Å². The summed E-state index contributed by atoms with van der Waals surface area (Å²) in [4.78, 5) is 29.1. The zero-order valence-electron chi connectivity index (χ0n) is 18.5. The number of likely N-dealkylation sites (tertiary alicyclic amines) is 1. The molecule has 6 nitrogen and oxygen atoms in total. The number of carboxylic acid groups (broad SMARTS) is 1. The quantitative estimate of drug-likeness (QED) is 0.600. The minimum atomic E-state index is -1.05. The Balaban J connectivity index is 1.41. The SMILES string of the molecule is CCCc1ccc(CN2CC[C@@H](SC3=C(C(=O)O)N4C(=O)[C@H]([C@@H](C)O)[C@H]4[C@H]3C)C2)cc1. The number of carbonyl (C=O) groups is 2. The first-order valence-electron chi connectivity index (χ1n) is 11.3. The van der Waals surface area contributed by atoms with Gasteiger partial charge in [0.25, 0.3) is 0 Å². The molecule has 3 heterocycles. The molecule has 0 spiro atoms. The topological polar surface area (TPSA) is 81.1 Å². The van der Waals surface area contributed by atoms with E-state index in [1.807, 2.05) is 6.92 Å². The van der Waals surface area contributed by atoms with E-state index in [-0.39, 0.29) is 23.6 Å². The van der Waals surface area contributed by atoms with Gasteiger partial charge < -0.3 is 15.1 Å². The molecule has 2 N–H and O–H groups in total. The van der Waals surface area contributed by atoms with Gasteiger partial charge in [-0.25, -0.2) is 4.79 Å². The molecule has 0 unspecified atom stereocenters. The van der Waals surface area contributed by atoms with Gasteiger partial charge in [0, 0.05) is 29.2 Å². The monoisotopic (exact) mass is 444 g/mol. The Morgan fingerprint density at radius 1 is 1.26 bits per heavy atom. The number of carbonyl (C=O) groups excluding carboxylic acids is 1. The van der Waals surface area contributed by atoms with Crippen molar-refractivity contribution in [3.63, 3.8) is 0 Å². The van der Waals surface area contributed by atoms with Crippen LogP contribution >= 0.6 is 11.8 Å². The van der Waals surface area contributed by atoms with Crippen LogP contribution in [-0.4, -0.2) is 62.4 Å². The number of hydrogen-bond acceptors (Lipinski definition) is 5. The second kappa shape index (κ2) is 8.96. The van der Waals surface area contributed by atoms with E-state index in [1.54, 1.807) is 18.7 Å². The number of nitrogens with zero attached hydrogens (tertiary/aromatic N) is 2. The third kappa shape index (κ3) is 4.15. The molecule has 0 radical (unpaired) electrons. The first-order valence-corrected chi connectivity index (χ1v) is 12.1. The number of fused-ring (bicyclic) bond motifs is 1. The van der Waals surface area contributed by atoms with Gasteiger partial charge in [0.2, 0.25) is 5.91 Å². The number of aliphatic hydroxyl groups excluding tert-OH is 1. The van der Waals surface area contributed by atoms with Crippen LogP contribution in [0.15, 0.2) is 34.9 Å². The van der Waals surface area contributed by atoms with Crippen molar-refractivity contribution < 1.29 is 19.8 Å². The Morgan fingerprint density at radius 2 is 1.94 bits per heavy atom. The molecule has 3 aliphatic heterocycles. The maximum atomic E-state index is 12.5. The smallest absolute Gasteiger partial charge is 0.353 e. The summed E-state index contributed by atoms with van der Waals surface area (Å²) in [5.41, 5.74) is 2.81. The largest absolute Gasteiger partial charge is 0.477 e. The van der Waals surface area contributed by atoms with E-state index in [1.165, 1.54) is 16.0 Å². The lowest BCUT2D eigenvalue weighted by molar-refractivity contribution is -0.163. The van der Waals surface area contributed by atoms with Crippen LogP contribution in [0.25, 0.3) is 0 Å². The van der Waals surface area contributed by atoms with Gasteiger partial charge in [-0.2, -0.15) is 0 Å². The zero-order chi connectivity index (χ0) is 22.3. The fourth-order valence-corrected chi connectivity index (χ4v) is 6.77. The van der Waals surface area contributed by atoms with Crippen molar-refractivity contribution in [1.29, 1.82) is 0 Å². The summed E-state index contributed by atoms with van der Waals surface area (Å²) in [6, 6.07) is 8.61. The predicted molar refractivity (Wildman–Crippen MR) is 121 cm³/mol. The summed E-state index contributed by atoms with van der Waals surface area (Å²) < 4.78 is 0. The van der Waals surface area contributed by atoms with Gasteiger partial charge in [0.1, 0.15) is 5.70 Å². The average molecular weight is 445 g/mol. The van der Waals surface area contributed by atoms with E-state index >= 15 is 0 Å². The molecule has 1 aromatic rings. The highest BCUT2D eigenvalue weighted by molar-refractivity contribution is 8.03. The van der Waals surface area contributed by atoms with Gasteiger partial charge in [0.05, 0.1) is 18.1 Å². The molecule has 2 fully saturated rings. The normalized spacial score (nSPS) is 29.3. The number of rotatable bonds is 8. The predicted octanol–water partition coefficient (Wildman–Crippen LogP) is 3.10. The lowest BCUT2D eigenvalue weighted by Gasteiger charge is -2.46. The van der Waals surface area contributed by atoms with Crippen LogP contribution in [0.3, 0.4) is 0 Å². The Kier molecular flexibility index (Phi) is 6.47. The number of aryl methyl sites for hydroxylation is 1. The summed E-state index contributed by atoms with van der Waals surface area (Å²) >= 11 is 1.63. The molecule has 1 aromatic carbocycles. The number of aliphatic hydroxyl groups is 1. The van der Waals surface area contributed by atoms with Gasteiger partial charge in [-0.15, -0.1) is 11.8 Å². The summed E-state index contributed by atoms with van der Waals surface area (Å²) in [6.45, 7) is 8.59. The summed E-state index contributed by atoms with van der Waals surface area (Å²) in [7, 11) is 0. The van der Waals surface area contributed by atoms with E-state index in [0.717, 1.165) is 43.8 Å². The molecule has 0 aliphatic carbocycles. The number of hydrogen-bond donors (Lipinski definition) is 2. The summed E-state index contributed by atoms with van der Waals surface area (Å²) in [6.07, 6.45) is 2.50. The van der Waals surface area contributed by atoms with Crippen molar-refractivity contribution in [2.75, 3.05) is 13.1 Å². The molecule has 0 bridgehead atoms. The highest BCUT2D eigenvalue weighted by Crippen LogP contribution is 2.51. The van der Waals surface area contributed by atoms with Gasteiger partial charge >= 0.3 is 5.97 Å². The van der Waals surface area contributed by atoms with Crippen LogP contribution in [0.5, 0.6) is 0 Å². The molecule has 0 saturated carbocycles. The van der Waals surface area contributed by atoms with Crippen molar-refractivity contribution >= 4 is 23.6 Å². The molecule has 1 amide bonds. The van der Waals surface area contributed by atoms with Crippen molar-refractivity contribution in [1.82, 2.24) is 9.80 Å². The minimum Gasteiger partial charge on any atom is -0.477 e. The molecule has 5 atom stereocenters. The maximum Gasteiger partial charge on any atom is 0.353 e. The van der Waals surface area contributed by atoms with Crippen molar-refractivity contribution in [3.05, 3.63) is 46.0 Å². The van der Waals surface area contributed by atoms with Gasteiger partial charge in [-0.3, -0.25) is 9.69 Å². The van der Waals surface area contributed by atoms with Crippen LogP contribution in [-0.2, 0) is 22.6 Å². The first kappa shape index (κ1) is 22.4. The molecule has 31 heavy (non-hydrogen) atoms. The number of thioether (sulfide) groups is 1. The molecule has 7 heteroatoms. The number of β-lactam (4-membered cyclic amide) rings is 1. The van der Waals surface area contributed by atoms with Gasteiger partial charge in [0.15, 0.2) is 0 Å². The van der Waals surface area contributed by atoms with Crippen LogP contribution in [0.1, 0.15) is 44.7 Å². The van der Waals surface area contributed by atoms with Gasteiger partial charge in [-0.05, 0) is 37.4 Å². The van der Waals surface area contributed by atoms with Crippen LogP contribution < -0.4 is 0 Å². The third-order valence-electron chi connectivity index (χ3n) is 6.80. The number of carboxylic acids is 1. The average Bonchev–Trinajstić information content (AvgIpc) is 3.25. The highest BCUT2D eigenvalue weighted by atomic mass is 32.2. The molecule has 168 valence electrons. The van der Waals surface area contributed by atoms with E-state index in [9.17, 15) is 19.8 Å². The fraction of sp³-hybridized carbons (Fsp3) is 0.583. The van der Waals surface area contributed by atoms with Crippen molar-refractivity contribution in [2.45, 2.75) is 64.0 Å². The number of aliphatic carboxylic acids is 1. The number of amides is 1. The molecule has 0 aromatic heterocycles. The van der Waals surface area contributed by atoms with E-state index in [4.69, 9.17) is 0 Å². The van der Waals surface area contributed by atoms with Gasteiger partial charge in [-0.1, -0.05) is 44.5 Å². The lowest BCUT2D eigenvalue weighted by atomic mass is 9.79. The Labute approximate surface area is 188 Å². The Hall–Kier alpha value is -1.83. The van der Waals surface area contributed by atoms with E-state index < -0.39 is 18.0 Å². The maximum absolute atomic E-state index is 12.5. The molecule has 3 aliphatic rings. The Bertz CT molecular complexity index is 882. The number of benzene rings is 1. The minimum absolute atomic E-state index is 0.0615. The van der Waals surface area contributed by atoms with E-state index in [2.05, 4.69) is 36.1 Å². The molecule has 2 saturated heterocycles. The second-order valence-electron chi connectivity index (χ2n) is 9.10. The second-order valence-corrected chi connectivity index (χ2v) is 10.4. The third-order valence-corrected chi connectivity index (χ3v) is 8.34. The summed E-state index contributed by atoms with van der Waals surface area (Å²) in [5.74, 6) is -1.87. The molecular weight excluding hydrogens is 412 g/mol. The standard InChI is InChI=1S/C24H32N2O4S/c1-4-5-16-6-8-17(9-7-16)12-25-11-10-18(13-25)31-22-14(2)20-19(15(3)27)23(28)26(20)21(22)24(29)30/h6-9,14-15,18-20,27H,4-5,10-13H2,1-3H3,(H,29,30)/t14-,15-,18-,19-,20-/m1/s1. The fourth-order valence-electron chi connectivity index (χ4n) is 5.25. The summed E-state index contributed by atoms with van der Waals surface area (Å²) in [5, 5.41) is 20.1. The van der Waals surface area contributed by atoms with E-state index in [0.29, 0.717) is 5.25 Å². The van der Waals surface area contributed by atoms with Crippen LogP contribution in [0.4, 0.5) is 0 Å². The highest BCUT2D eigenvalue weighted by Gasteiger charge is 2.60. The molecular formula is C24H32N2O4S. The van der Waals surface area contributed by atoms with Crippen LogP contribution in [0, 0.1) is 11.8 Å². The molecule has 4 rings (SSSR count).